The van der Waals surface area contributed by atoms with Crippen LogP contribution < -0.4 is 20.5 Å². The van der Waals surface area contributed by atoms with E-state index in [1.807, 2.05) is 0 Å². The van der Waals surface area contributed by atoms with Crippen LogP contribution in [-0.2, 0) is 4.79 Å². The molecule has 1 aliphatic carbocycles. The molecular formula is C15H19ClN2O3. The Balaban J connectivity index is 1.88. The summed E-state index contributed by atoms with van der Waals surface area (Å²) >= 11 is 6.23. The van der Waals surface area contributed by atoms with Gasteiger partial charge >= 0.3 is 0 Å². The molecule has 2 aliphatic rings. The van der Waals surface area contributed by atoms with Crippen LogP contribution in [0.25, 0.3) is 0 Å². The van der Waals surface area contributed by atoms with Crippen LogP contribution >= 0.6 is 11.6 Å². The molecule has 1 aromatic carbocycles. The van der Waals surface area contributed by atoms with Gasteiger partial charge in [0, 0.05) is 6.04 Å². The number of carbonyl (C=O) groups is 1. The van der Waals surface area contributed by atoms with E-state index >= 15 is 0 Å². The molecule has 1 unspecified atom stereocenters. The van der Waals surface area contributed by atoms with Gasteiger partial charge in [-0.1, -0.05) is 24.4 Å². The summed E-state index contributed by atoms with van der Waals surface area (Å²) in [6.45, 7) is 0.954. The summed E-state index contributed by atoms with van der Waals surface area (Å²) < 4.78 is 11.0. The molecule has 0 aromatic heterocycles. The normalized spacial score (nSPS) is 19.5. The lowest BCUT2D eigenvalue weighted by atomic mass is 10.0. The number of halogens is 1. The van der Waals surface area contributed by atoms with Crippen LogP contribution in [0.1, 0.15) is 37.3 Å². The molecule has 114 valence electrons. The van der Waals surface area contributed by atoms with Gasteiger partial charge in [0.25, 0.3) is 0 Å². The Kier molecular flexibility index (Phi) is 4.22. The maximum absolute atomic E-state index is 11.8. The highest BCUT2D eigenvalue weighted by Gasteiger charge is 2.26. The molecule has 1 aliphatic heterocycles. The van der Waals surface area contributed by atoms with Gasteiger partial charge in [-0.2, -0.15) is 0 Å². The number of benzene rings is 1. The number of ether oxygens (including phenoxy) is 2. The van der Waals surface area contributed by atoms with Crippen LogP contribution in [0.3, 0.4) is 0 Å². The molecule has 1 atom stereocenters. The molecule has 0 radical (unpaired) electrons. The molecule has 1 amide bonds. The maximum Gasteiger partial charge on any atom is 0.239 e. The minimum Gasteiger partial charge on any atom is -0.486 e. The van der Waals surface area contributed by atoms with Crippen molar-refractivity contribution in [2.24, 2.45) is 5.73 Å². The van der Waals surface area contributed by atoms with E-state index < -0.39 is 11.9 Å². The maximum atomic E-state index is 11.8. The molecule has 0 saturated heterocycles. The fourth-order valence-electron chi connectivity index (χ4n) is 2.97. The highest BCUT2D eigenvalue weighted by atomic mass is 35.5. The van der Waals surface area contributed by atoms with E-state index in [2.05, 4.69) is 5.32 Å². The van der Waals surface area contributed by atoms with E-state index in [0.717, 1.165) is 18.4 Å². The Hall–Kier alpha value is -1.46. The molecule has 3 N–H and O–H groups in total. The van der Waals surface area contributed by atoms with Gasteiger partial charge in [0.1, 0.15) is 19.3 Å². The molecule has 1 fully saturated rings. The molecule has 21 heavy (non-hydrogen) atoms. The summed E-state index contributed by atoms with van der Waals surface area (Å²) in [4.78, 5) is 11.8. The molecular weight excluding hydrogens is 292 g/mol. The lowest BCUT2D eigenvalue weighted by molar-refractivity contribution is -0.120. The van der Waals surface area contributed by atoms with E-state index in [4.69, 9.17) is 26.8 Å². The summed E-state index contributed by atoms with van der Waals surface area (Å²) in [5, 5.41) is 3.78. The number of hydrogen-bond acceptors (Lipinski definition) is 4. The Morgan fingerprint density at radius 2 is 2.00 bits per heavy atom. The smallest absolute Gasteiger partial charge is 0.239 e. The van der Waals surface area contributed by atoms with Crippen molar-refractivity contribution in [1.29, 1.82) is 0 Å². The fraction of sp³-hybridized carbons (Fsp3) is 0.533. The van der Waals surface area contributed by atoms with Crippen molar-refractivity contribution in [3.8, 4) is 11.5 Å². The summed E-state index contributed by atoms with van der Waals surface area (Å²) in [6, 6.07) is 3.29. The topological polar surface area (TPSA) is 73.6 Å². The van der Waals surface area contributed by atoms with E-state index in [-0.39, 0.29) is 0 Å². The SMILES string of the molecule is NC(=O)C(NC1CCCC1)c1cc(Cl)c2c(c1)OCCO2. The standard InChI is InChI=1S/C15H19ClN2O3/c16-11-7-9(8-12-14(11)21-6-5-20-12)13(15(17)19)18-10-3-1-2-4-10/h7-8,10,13,18H,1-6H2,(H2,17,19). The van der Waals surface area contributed by atoms with Crippen molar-refractivity contribution >= 4 is 17.5 Å². The van der Waals surface area contributed by atoms with Crippen LogP contribution in [0.4, 0.5) is 0 Å². The van der Waals surface area contributed by atoms with Crippen LogP contribution in [0.15, 0.2) is 12.1 Å². The lowest BCUT2D eigenvalue weighted by Gasteiger charge is -2.24. The first-order valence-corrected chi connectivity index (χ1v) is 7.67. The van der Waals surface area contributed by atoms with Crippen molar-refractivity contribution < 1.29 is 14.3 Å². The van der Waals surface area contributed by atoms with Gasteiger partial charge in [-0.3, -0.25) is 10.1 Å². The van der Waals surface area contributed by atoms with Crippen LogP contribution in [0, 0.1) is 0 Å². The van der Waals surface area contributed by atoms with E-state index in [0.29, 0.717) is 35.8 Å². The highest BCUT2D eigenvalue weighted by molar-refractivity contribution is 6.32. The lowest BCUT2D eigenvalue weighted by Crippen LogP contribution is -2.39. The third-order valence-corrected chi connectivity index (χ3v) is 4.28. The first-order chi connectivity index (χ1) is 10.1. The average molecular weight is 311 g/mol. The molecule has 1 heterocycles. The van der Waals surface area contributed by atoms with E-state index in [1.54, 1.807) is 12.1 Å². The zero-order valence-electron chi connectivity index (χ0n) is 11.7. The number of carbonyl (C=O) groups excluding carboxylic acids is 1. The molecule has 0 spiro atoms. The second kappa shape index (κ2) is 6.12. The second-order valence-electron chi connectivity index (χ2n) is 5.51. The highest BCUT2D eigenvalue weighted by Crippen LogP contribution is 2.40. The van der Waals surface area contributed by atoms with Gasteiger partial charge < -0.3 is 15.2 Å². The van der Waals surface area contributed by atoms with Crippen molar-refractivity contribution in [1.82, 2.24) is 5.32 Å². The van der Waals surface area contributed by atoms with Crippen molar-refractivity contribution in [3.05, 3.63) is 22.7 Å². The van der Waals surface area contributed by atoms with Crippen LogP contribution in [0.5, 0.6) is 11.5 Å². The Morgan fingerprint density at radius 1 is 1.29 bits per heavy atom. The van der Waals surface area contributed by atoms with E-state index in [9.17, 15) is 4.79 Å². The number of rotatable bonds is 4. The summed E-state index contributed by atoms with van der Waals surface area (Å²) in [5.74, 6) is 0.702. The number of nitrogens with one attached hydrogen (secondary N) is 1. The monoisotopic (exact) mass is 310 g/mol. The van der Waals surface area contributed by atoms with Gasteiger partial charge in [-0.05, 0) is 30.5 Å². The largest absolute Gasteiger partial charge is 0.486 e. The number of primary amides is 1. The Labute approximate surface area is 128 Å². The molecule has 1 aromatic rings. The molecule has 3 rings (SSSR count). The van der Waals surface area contributed by atoms with E-state index in [1.165, 1.54) is 12.8 Å². The quantitative estimate of drug-likeness (QED) is 0.894. The summed E-state index contributed by atoms with van der Waals surface area (Å²) in [7, 11) is 0. The van der Waals surface area contributed by atoms with Gasteiger partial charge in [0.2, 0.25) is 5.91 Å². The van der Waals surface area contributed by atoms with Gasteiger partial charge in [-0.15, -0.1) is 0 Å². The minimum atomic E-state index is -0.554. The minimum absolute atomic E-state index is 0.328. The average Bonchev–Trinajstić information content (AvgIpc) is 2.97. The molecule has 5 nitrogen and oxygen atoms in total. The summed E-state index contributed by atoms with van der Waals surface area (Å²) in [5.41, 5.74) is 6.28. The predicted molar refractivity (Wildman–Crippen MR) is 79.8 cm³/mol. The first-order valence-electron chi connectivity index (χ1n) is 7.29. The zero-order valence-corrected chi connectivity index (χ0v) is 12.5. The predicted octanol–water partition coefficient (Wildman–Crippen LogP) is 2.17. The molecule has 1 saturated carbocycles. The van der Waals surface area contributed by atoms with Crippen LogP contribution in [-0.4, -0.2) is 25.2 Å². The second-order valence-corrected chi connectivity index (χ2v) is 5.92. The molecule has 6 heteroatoms. The number of hydrogen-bond donors (Lipinski definition) is 2. The third-order valence-electron chi connectivity index (χ3n) is 3.99. The van der Waals surface area contributed by atoms with Crippen molar-refractivity contribution in [2.45, 2.75) is 37.8 Å². The van der Waals surface area contributed by atoms with Gasteiger partial charge in [0.05, 0.1) is 5.02 Å². The van der Waals surface area contributed by atoms with Gasteiger partial charge in [0.15, 0.2) is 11.5 Å². The number of nitrogens with two attached hydrogens (primary N) is 1. The van der Waals surface area contributed by atoms with Crippen molar-refractivity contribution in [3.63, 3.8) is 0 Å². The van der Waals surface area contributed by atoms with Crippen LogP contribution in [0.2, 0.25) is 5.02 Å². The Morgan fingerprint density at radius 3 is 2.71 bits per heavy atom. The zero-order chi connectivity index (χ0) is 14.8. The third kappa shape index (κ3) is 3.09. The van der Waals surface area contributed by atoms with Crippen molar-refractivity contribution in [2.75, 3.05) is 13.2 Å². The molecule has 0 bridgehead atoms. The van der Waals surface area contributed by atoms with Gasteiger partial charge in [-0.25, -0.2) is 0 Å². The number of fused-ring (bicyclic) bond motifs is 1. The number of amides is 1. The fourth-order valence-corrected chi connectivity index (χ4v) is 3.24. The Bertz CT molecular complexity index is 544. The summed E-state index contributed by atoms with van der Waals surface area (Å²) in [6.07, 6.45) is 4.51. The first kappa shape index (κ1) is 14.5.